The Morgan fingerprint density at radius 3 is 2.73 bits per heavy atom. The van der Waals surface area contributed by atoms with Gasteiger partial charge < -0.3 is 4.74 Å². The van der Waals surface area contributed by atoms with Gasteiger partial charge in [-0.25, -0.2) is 0 Å². The second-order valence-electron chi connectivity index (χ2n) is 3.10. The molecular weight excluding hydrogens is 190 g/mol. The highest BCUT2D eigenvalue weighted by atomic mass is 16.5. The van der Waals surface area contributed by atoms with E-state index in [1.165, 1.54) is 4.90 Å². The third-order valence-corrected chi connectivity index (χ3v) is 2.06. The summed E-state index contributed by atoms with van der Waals surface area (Å²) in [6, 6.07) is 9.41. The molecule has 2 rings (SSSR count). The first-order chi connectivity index (χ1) is 7.40. The number of ether oxygens (including phenoxy) is 1. The zero-order chi connectivity index (χ0) is 10.5. The molecule has 1 aromatic carbocycles. The van der Waals surface area contributed by atoms with E-state index in [-0.39, 0.29) is 6.23 Å². The number of carbonyl (C=O) groups is 1. The first-order valence-electron chi connectivity index (χ1n) is 4.69. The summed E-state index contributed by atoms with van der Waals surface area (Å²) in [6.07, 6.45) is 7.54. The Kier molecular flexibility index (Phi) is 2.83. The van der Waals surface area contributed by atoms with Crippen LogP contribution in [0.5, 0.6) is 5.75 Å². The molecule has 0 aromatic heterocycles. The molecule has 0 radical (unpaired) electrons. The van der Waals surface area contributed by atoms with Crippen LogP contribution in [0.2, 0.25) is 0 Å². The fraction of sp³-hybridized carbons (Fsp3) is 0.0833. The largest absolute Gasteiger partial charge is 0.466 e. The van der Waals surface area contributed by atoms with Crippen LogP contribution in [0.1, 0.15) is 0 Å². The van der Waals surface area contributed by atoms with Gasteiger partial charge in [-0.15, -0.1) is 0 Å². The normalized spacial score (nSPS) is 18.9. The van der Waals surface area contributed by atoms with Gasteiger partial charge in [0.25, 0.3) is 0 Å². The van der Waals surface area contributed by atoms with Gasteiger partial charge in [0.1, 0.15) is 5.75 Å². The Balaban J connectivity index is 2.08. The quantitative estimate of drug-likeness (QED) is 0.699. The molecule has 1 unspecified atom stereocenters. The lowest BCUT2D eigenvalue weighted by atomic mass is 10.3. The number of para-hydroxylation sites is 1. The molecule has 3 nitrogen and oxygen atoms in total. The van der Waals surface area contributed by atoms with Gasteiger partial charge in [-0.1, -0.05) is 24.3 Å². The first kappa shape index (κ1) is 9.52. The topological polar surface area (TPSA) is 29.5 Å². The number of hydrogen-bond donors (Lipinski definition) is 0. The minimum atomic E-state index is -0.352. The van der Waals surface area contributed by atoms with Crippen molar-refractivity contribution in [2.45, 2.75) is 6.23 Å². The van der Waals surface area contributed by atoms with E-state index < -0.39 is 0 Å². The van der Waals surface area contributed by atoms with Gasteiger partial charge in [-0.2, -0.15) is 0 Å². The average Bonchev–Trinajstić information content (AvgIpc) is 2.31. The molecule has 1 amide bonds. The number of hydrogen-bond acceptors (Lipinski definition) is 2. The molecule has 15 heavy (non-hydrogen) atoms. The van der Waals surface area contributed by atoms with Crippen LogP contribution in [0.25, 0.3) is 0 Å². The standard InChI is InChI=1S/C12H11NO2/c14-10-13-9-5-4-8-12(13)15-11-6-2-1-3-7-11/h1-10,12H. The van der Waals surface area contributed by atoms with E-state index in [1.807, 2.05) is 42.5 Å². The maximum Gasteiger partial charge on any atom is 0.216 e. The molecule has 3 heteroatoms. The van der Waals surface area contributed by atoms with Gasteiger partial charge in [0.15, 0.2) is 6.23 Å². The van der Waals surface area contributed by atoms with E-state index in [4.69, 9.17) is 4.74 Å². The van der Waals surface area contributed by atoms with Crippen molar-refractivity contribution in [2.75, 3.05) is 0 Å². The molecule has 0 N–H and O–H groups in total. The van der Waals surface area contributed by atoms with Crippen LogP contribution >= 0.6 is 0 Å². The minimum absolute atomic E-state index is 0.352. The molecular formula is C12H11NO2. The van der Waals surface area contributed by atoms with Crippen LogP contribution in [0.4, 0.5) is 0 Å². The highest BCUT2D eigenvalue weighted by molar-refractivity contribution is 5.51. The lowest BCUT2D eigenvalue weighted by molar-refractivity contribution is -0.120. The molecule has 1 aromatic rings. The third kappa shape index (κ3) is 2.26. The van der Waals surface area contributed by atoms with Crippen molar-refractivity contribution >= 4 is 6.41 Å². The number of benzene rings is 1. The smallest absolute Gasteiger partial charge is 0.216 e. The van der Waals surface area contributed by atoms with Crippen LogP contribution < -0.4 is 4.74 Å². The average molecular weight is 201 g/mol. The summed E-state index contributed by atoms with van der Waals surface area (Å²) in [5, 5.41) is 0. The van der Waals surface area contributed by atoms with E-state index in [2.05, 4.69) is 0 Å². The summed E-state index contributed by atoms with van der Waals surface area (Å²) >= 11 is 0. The fourth-order valence-electron chi connectivity index (χ4n) is 1.33. The summed E-state index contributed by atoms with van der Waals surface area (Å²) in [6.45, 7) is 0. The first-order valence-corrected chi connectivity index (χ1v) is 4.69. The second-order valence-corrected chi connectivity index (χ2v) is 3.10. The molecule has 1 aliphatic rings. The Hall–Kier alpha value is -2.03. The van der Waals surface area contributed by atoms with Crippen LogP contribution in [-0.2, 0) is 4.79 Å². The maximum atomic E-state index is 10.7. The van der Waals surface area contributed by atoms with E-state index in [9.17, 15) is 4.79 Å². The third-order valence-electron chi connectivity index (χ3n) is 2.06. The van der Waals surface area contributed by atoms with Crippen molar-refractivity contribution in [3.8, 4) is 5.75 Å². The zero-order valence-electron chi connectivity index (χ0n) is 8.11. The molecule has 0 fully saturated rings. The van der Waals surface area contributed by atoms with Crippen molar-refractivity contribution in [3.63, 3.8) is 0 Å². The van der Waals surface area contributed by atoms with Gasteiger partial charge in [0.2, 0.25) is 6.41 Å². The summed E-state index contributed by atoms with van der Waals surface area (Å²) in [5.74, 6) is 0.745. The van der Waals surface area contributed by atoms with E-state index in [0.29, 0.717) is 0 Å². The molecule has 76 valence electrons. The van der Waals surface area contributed by atoms with Gasteiger partial charge >= 0.3 is 0 Å². The maximum absolute atomic E-state index is 10.7. The fourth-order valence-corrected chi connectivity index (χ4v) is 1.33. The van der Waals surface area contributed by atoms with Crippen molar-refractivity contribution < 1.29 is 9.53 Å². The zero-order valence-corrected chi connectivity index (χ0v) is 8.11. The Morgan fingerprint density at radius 1 is 1.20 bits per heavy atom. The Labute approximate surface area is 88.3 Å². The molecule has 0 saturated heterocycles. The molecule has 1 heterocycles. The summed E-state index contributed by atoms with van der Waals surface area (Å²) < 4.78 is 5.62. The molecule has 1 atom stereocenters. The van der Waals surface area contributed by atoms with E-state index in [0.717, 1.165) is 12.2 Å². The van der Waals surface area contributed by atoms with Crippen molar-refractivity contribution in [2.24, 2.45) is 0 Å². The van der Waals surface area contributed by atoms with Crippen molar-refractivity contribution in [1.82, 2.24) is 4.90 Å². The number of rotatable bonds is 3. The number of nitrogens with zero attached hydrogens (tertiary/aromatic N) is 1. The van der Waals surface area contributed by atoms with Crippen LogP contribution in [0.3, 0.4) is 0 Å². The highest BCUT2D eigenvalue weighted by Crippen LogP contribution is 2.15. The number of carbonyl (C=O) groups excluding carboxylic acids is 1. The minimum Gasteiger partial charge on any atom is -0.466 e. The van der Waals surface area contributed by atoms with Crippen molar-refractivity contribution in [1.29, 1.82) is 0 Å². The summed E-state index contributed by atoms with van der Waals surface area (Å²) in [4.78, 5) is 12.2. The number of allylic oxidation sites excluding steroid dienone is 2. The summed E-state index contributed by atoms with van der Waals surface area (Å²) in [5.41, 5.74) is 0. The molecule has 0 aliphatic carbocycles. The van der Waals surface area contributed by atoms with Crippen molar-refractivity contribution in [3.05, 3.63) is 54.8 Å². The van der Waals surface area contributed by atoms with Crippen LogP contribution in [0, 0.1) is 0 Å². The molecule has 0 bridgehead atoms. The van der Waals surface area contributed by atoms with E-state index >= 15 is 0 Å². The molecule has 0 saturated carbocycles. The number of amides is 1. The van der Waals surface area contributed by atoms with Crippen LogP contribution in [0.15, 0.2) is 54.8 Å². The lowest BCUT2D eigenvalue weighted by Crippen LogP contribution is -2.34. The lowest BCUT2D eigenvalue weighted by Gasteiger charge is -2.25. The van der Waals surface area contributed by atoms with Gasteiger partial charge in [0.05, 0.1) is 0 Å². The monoisotopic (exact) mass is 201 g/mol. The van der Waals surface area contributed by atoms with E-state index in [1.54, 1.807) is 12.3 Å². The predicted molar refractivity (Wildman–Crippen MR) is 57.0 cm³/mol. The van der Waals surface area contributed by atoms with Gasteiger partial charge in [-0.05, 0) is 24.3 Å². The Bertz CT molecular complexity index is 384. The Morgan fingerprint density at radius 2 is 2.00 bits per heavy atom. The van der Waals surface area contributed by atoms with Gasteiger partial charge in [0, 0.05) is 6.20 Å². The van der Waals surface area contributed by atoms with Gasteiger partial charge in [-0.3, -0.25) is 9.69 Å². The SMILES string of the molecule is O=CN1C=CC=CC1Oc1ccccc1. The predicted octanol–water partition coefficient (Wildman–Crippen LogP) is 1.93. The van der Waals surface area contributed by atoms with Crippen LogP contribution in [-0.4, -0.2) is 17.5 Å². The second kappa shape index (κ2) is 4.46. The molecule has 1 aliphatic heterocycles. The summed E-state index contributed by atoms with van der Waals surface area (Å²) in [7, 11) is 0. The highest BCUT2D eigenvalue weighted by Gasteiger charge is 2.14. The molecule has 0 spiro atoms.